The summed E-state index contributed by atoms with van der Waals surface area (Å²) in [6, 6.07) is 10.1. The van der Waals surface area contributed by atoms with Crippen LogP contribution >= 0.6 is 0 Å². The number of fused-ring (bicyclic) bond motifs is 4. The van der Waals surface area contributed by atoms with Crippen LogP contribution in [0.1, 0.15) is 17.3 Å². The normalized spacial score (nSPS) is 17.4. The van der Waals surface area contributed by atoms with E-state index in [0.717, 1.165) is 40.2 Å². The van der Waals surface area contributed by atoms with E-state index >= 15 is 0 Å². The Balaban J connectivity index is 1.46. The number of nitrogens with one attached hydrogen (secondary N) is 1. The molecule has 0 unspecified atom stereocenters. The zero-order valence-corrected chi connectivity index (χ0v) is 18.8. The van der Waals surface area contributed by atoms with Gasteiger partial charge in [0, 0.05) is 41.9 Å². The highest BCUT2D eigenvalue weighted by Gasteiger charge is 2.36. The number of carbonyl (C=O) groups is 1. The van der Waals surface area contributed by atoms with Crippen LogP contribution < -0.4 is 9.80 Å². The van der Waals surface area contributed by atoms with Gasteiger partial charge in [-0.15, -0.1) is 0 Å². The summed E-state index contributed by atoms with van der Waals surface area (Å²) in [5.74, 6) is 1.15. The highest BCUT2D eigenvalue weighted by atomic mass is 16.5. The lowest BCUT2D eigenvalue weighted by Gasteiger charge is -2.45. The number of benzene rings is 1. The number of anilines is 3. The molecule has 172 valence electrons. The van der Waals surface area contributed by atoms with E-state index in [0.29, 0.717) is 37.8 Å². The van der Waals surface area contributed by atoms with Gasteiger partial charge in [0.2, 0.25) is 0 Å². The first-order chi connectivity index (χ1) is 16.7. The van der Waals surface area contributed by atoms with E-state index in [2.05, 4.69) is 19.8 Å². The zero-order valence-electron chi connectivity index (χ0n) is 18.8. The van der Waals surface area contributed by atoms with Crippen molar-refractivity contribution in [1.82, 2.24) is 19.9 Å². The molecule has 34 heavy (non-hydrogen) atoms. The molecule has 1 aromatic carbocycles. The summed E-state index contributed by atoms with van der Waals surface area (Å²) < 4.78 is 11.0. The first-order valence-corrected chi connectivity index (χ1v) is 11.4. The van der Waals surface area contributed by atoms with Crippen molar-refractivity contribution in [1.29, 1.82) is 0 Å². The number of H-pyrrole nitrogens is 1. The van der Waals surface area contributed by atoms with Crippen molar-refractivity contribution < 1.29 is 14.3 Å². The second-order valence-electron chi connectivity index (χ2n) is 8.33. The van der Waals surface area contributed by atoms with Gasteiger partial charge in [0.25, 0.3) is 0 Å². The van der Waals surface area contributed by atoms with E-state index in [1.165, 1.54) is 6.20 Å². The molecule has 1 N–H and O–H groups in total. The summed E-state index contributed by atoms with van der Waals surface area (Å²) in [6.07, 6.45) is 7.07. The fourth-order valence-electron chi connectivity index (χ4n) is 4.72. The standard InChI is InChI=1S/C25H24N6O3/c1-2-34-25(32)16-10-17(12-26-11-16)31-14-18-15-33-9-8-30(18)24-22(31)13-28-23(29-24)20-4-3-5-21-19(20)6-7-27-21/h3-7,10-13,18,27H,2,8-9,14-15H2,1H3/t18-/m1/s1. The van der Waals surface area contributed by atoms with Gasteiger partial charge in [-0.05, 0) is 25.1 Å². The van der Waals surface area contributed by atoms with Gasteiger partial charge in [-0.2, -0.15) is 0 Å². The third-order valence-corrected chi connectivity index (χ3v) is 6.32. The lowest BCUT2D eigenvalue weighted by atomic mass is 10.1. The van der Waals surface area contributed by atoms with Crippen molar-refractivity contribution in [3.8, 4) is 11.4 Å². The average Bonchev–Trinajstić information content (AvgIpc) is 3.37. The Hall–Kier alpha value is -3.98. The summed E-state index contributed by atoms with van der Waals surface area (Å²) in [4.78, 5) is 34.1. The minimum Gasteiger partial charge on any atom is -0.462 e. The van der Waals surface area contributed by atoms with Crippen LogP contribution in [0.25, 0.3) is 22.3 Å². The molecule has 0 aliphatic carbocycles. The van der Waals surface area contributed by atoms with Gasteiger partial charge in [-0.25, -0.2) is 14.8 Å². The molecule has 2 aliphatic rings. The van der Waals surface area contributed by atoms with Crippen LogP contribution in [0, 0.1) is 0 Å². The van der Waals surface area contributed by atoms with Gasteiger partial charge < -0.3 is 24.3 Å². The second-order valence-corrected chi connectivity index (χ2v) is 8.33. The third kappa shape index (κ3) is 3.45. The van der Waals surface area contributed by atoms with Gasteiger partial charge in [0.1, 0.15) is 5.69 Å². The molecule has 5 heterocycles. The van der Waals surface area contributed by atoms with Gasteiger partial charge in [0.15, 0.2) is 11.6 Å². The molecule has 4 aromatic rings. The molecule has 6 rings (SSSR count). The minimum atomic E-state index is -0.386. The minimum absolute atomic E-state index is 0.123. The molecule has 9 heteroatoms. The van der Waals surface area contributed by atoms with Crippen LogP contribution in [0.5, 0.6) is 0 Å². The summed E-state index contributed by atoms with van der Waals surface area (Å²) in [5, 5.41) is 1.08. The molecular weight excluding hydrogens is 432 g/mol. The lowest BCUT2D eigenvalue weighted by Crippen LogP contribution is -2.54. The van der Waals surface area contributed by atoms with Crippen LogP contribution in [0.15, 0.2) is 55.1 Å². The number of esters is 1. The van der Waals surface area contributed by atoms with Crippen LogP contribution in [-0.2, 0) is 9.47 Å². The Morgan fingerprint density at radius 2 is 2.21 bits per heavy atom. The Morgan fingerprint density at radius 1 is 1.26 bits per heavy atom. The Labute approximate surface area is 196 Å². The molecule has 3 aromatic heterocycles. The Kier molecular flexibility index (Phi) is 5.10. The maximum Gasteiger partial charge on any atom is 0.339 e. The highest BCUT2D eigenvalue weighted by molar-refractivity contribution is 5.94. The summed E-state index contributed by atoms with van der Waals surface area (Å²) in [7, 11) is 0. The number of aromatic nitrogens is 4. The predicted molar refractivity (Wildman–Crippen MR) is 128 cm³/mol. The van der Waals surface area contributed by atoms with Crippen molar-refractivity contribution in [3.63, 3.8) is 0 Å². The molecule has 0 saturated carbocycles. The van der Waals surface area contributed by atoms with Crippen LogP contribution in [-0.4, -0.2) is 64.9 Å². The lowest BCUT2D eigenvalue weighted by molar-refractivity contribution is 0.0526. The summed E-state index contributed by atoms with van der Waals surface area (Å²) in [6.45, 7) is 4.80. The molecular formula is C25H24N6O3. The quantitative estimate of drug-likeness (QED) is 0.466. The molecule has 0 spiro atoms. The Bertz CT molecular complexity index is 1370. The van der Waals surface area contributed by atoms with Gasteiger partial charge in [0.05, 0.1) is 49.5 Å². The number of hydrogen-bond acceptors (Lipinski definition) is 8. The maximum atomic E-state index is 12.3. The van der Waals surface area contributed by atoms with Crippen molar-refractivity contribution in [2.45, 2.75) is 13.0 Å². The van der Waals surface area contributed by atoms with Gasteiger partial charge in [-0.1, -0.05) is 12.1 Å². The van der Waals surface area contributed by atoms with E-state index in [-0.39, 0.29) is 12.0 Å². The number of hydrogen-bond donors (Lipinski definition) is 1. The van der Waals surface area contributed by atoms with E-state index in [4.69, 9.17) is 19.4 Å². The smallest absolute Gasteiger partial charge is 0.339 e. The zero-order chi connectivity index (χ0) is 23.1. The first kappa shape index (κ1) is 20.6. The van der Waals surface area contributed by atoms with Crippen molar-refractivity contribution in [2.24, 2.45) is 0 Å². The van der Waals surface area contributed by atoms with Crippen molar-refractivity contribution in [2.75, 3.05) is 42.7 Å². The Morgan fingerprint density at radius 3 is 3.12 bits per heavy atom. The summed E-state index contributed by atoms with van der Waals surface area (Å²) >= 11 is 0. The molecule has 0 bridgehead atoms. The first-order valence-electron chi connectivity index (χ1n) is 11.4. The van der Waals surface area contributed by atoms with Crippen LogP contribution in [0.4, 0.5) is 17.2 Å². The van der Waals surface area contributed by atoms with Crippen LogP contribution in [0.2, 0.25) is 0 Å². The third-order valence-electron chi connectivity index (χ3n) is 6.32. The van der Waals surface area contributed by atoms with E-state index in [9.17, 15) is 4.79 Å². The van der Waals surface area contributed by atoms with E-state index < -0.39 is 0 Å². The molecule has 1 atom stereocenters. The van der Waals surface area contributed by atoms with Gasteiger partial charge >= 0.3 is 5.97 Å². The van der Waals surface area contributed by atoms with E-state index in [1.807, 2.05) is 42.7 Å². The van der Waals surface area contributed by atoms with Crippen molar-refractivity contribution >= 4 is 34.1 Å². The largest absolute Gasteiger partial charge is 0.462 e. The molecule has 0 amide bonds. The predicted octanol–water partition coefficient (Wildman–Crippen LogP) is 3.55. The molecule has 0 radical (unpaired) electrons. The molecule has 1 saturated heterocycles. The summed E-state index contributed by atoms with van der Waals surface area (Å²) in [5.41, 5.74) is 4.12. The number of aromatic amines is 1. The fraction of sp³-hybridized carbons (Fsp3) is 0.280. The van der Waals surface area contributed by atoms with E-state index in [1.54, 1.807) is 13.1 Å². The molecule has 9 nitrogen and oxygen atoms in total. The number of morpholine rings is 1. The highest BCUT2D eigenvalue weighted by Crippen LogP contribution is 2.40. The van der Waals surface area contributed by atoms with Crippen LogP contribution in [0.3, 0.4) is 0 Å². The SMILES string of the molecule is CCOC(=O)c1cncc(N2C[C@@H]3COCCN3c3nc(-c4cccc5[nH]ccc45)ncc32)c1. The number of nitrogens with zero attached hydrogens (tertiary/aromatic N) is 5. The average molecular weight is 457 g/mol. The maximum absolute atomic E-state index is 12.3. The number of carbonyl (C=O) groups excluding carboxylic acids is 1. The number of pyridine rings is 1. The molecule has 2 aliphatic heterocycles. The fourth-order valence-corrected chi connectivity index (χ4v) is 4.72. The monoisotopic (exact) mass is 456 g/mol. The number of ether oxygens (including phenoxy) is 2. The topological polar surface area (TPSA) is 96.5 Å². The second kappa shape index (κ2) is 8.42. The van der Waals surface area contributed by atoms with Crippen molar-refractivity contribution in [3.05, 3.63) is 60.7 Å². The number of rotatable bonds is 4. The molecule has 1 fully saturated rings. The van der Waals surface area contributed by atoms with Gasteiger partial charge in [-0.3, -0.25) is 4.98 Å².